The molecule has 2 heterocycles. The van der Waals surface area contributed by atoms with Crippen molar-refractivity contribution in [2.45, 2.75) is 45.2 Å². The first-order valence-corrected chi connectivity index (χ1v) is 10.7. The molecule has 1 saturated heterocycles. The van der Waals surface area contributed by atoms with Crippen molar-refractivity contribution < 1.29 is 4.79 Å². The third-order valence-electron chi connectivity index (χ3n) is 5.88. The van der Waals surface area contributed by atoms with Crippen LogP contribution in [0.3, 0.4) is 0 Å². The molecule has 1 amide bonds. The molecule has 0 bridgehead atoms. The van der Waals surface area contributed by atoms with Gasteiger partial charge in [-0.25, -0.2) is 0 Å². The molecule has 152 valence electrons. The molecule has 5 heteroatoms. The molecule has 0 aliphatic carbocycles. The van der Waals surface area contributed by atoms with Gasteiger partial charge >= 0.3 is 0 Å². The van der Waals surface area contributed by atoms with Gasteiger partial charge in [0.25, 0.3) is 0 Å². The van der Waals surface area contributed by atoms with E-state index in [1.54, 1.807) is 0 Å². The summed E-state index contributed by atoms with van der Waals surface area (Å²) in [5, 5.41) is 8.91. The highest BCUT2D eigenvalue weighted by Gasteiger charge is 2.17. The Morgan fingerprint density at radius 1 is 1.10 bits per heavy atom. The largest absolute Gasteiger partial charge is 0.354 e. The number of para-hydroxylation sites is 1. The van der Waals surface area contributed by atoms with Crippen LogP contribution in [0.15, 0.2) is 54.6 Å². The van der Waals surface area contributed by atoms with Crippen molar-refractivity contribution in [3.8, 4) is 11.3 Å². The molecule has 3 aromatic rings. The minimum Gasteiger partial charge on any atom is -0.354 e. The number of hydrogen-bond acceptors (Lipinski definition) is 3. The highest BCUT2D eigenvalue weighted by atomic mass is 16.2. The number of nitrogens with one attached hydrogen (secondary N) is 1. The Labute approximate surface area is 172 Å². The van der Waals surface area contributed by atoms with Gasteiger partial charge in [0.15, 0.2) is 0 Å². The van der Waals surface area contributed by atoms with E-state index in [-0.39, 0.29) is 12.5 Å². The minimum atomic E-state index is 0.0181. The van der Waals surface area contributed by atoms with Gasteiger partial charge in [-0.2, -0.15) is 5.10 Å². The third kappa shape index (κ3) is 4.67. The summed E-state index contributed by atoms with van der Waals surface area (Å²) in [7, 11) is 0. The average molecular weight is 391 g/mol. The van der Waals surface area contributed by atoms with E-state index in [2.05, 4.69) is 35.3 Å². The number of carbonyl (C=O) groups excluding carboxylic acids is 1. The molecule has 1 fully saturated rings. The van der Waals surface area contributed by atoms with E-state index in [9.17, 15) is 4.79 Å². The highest BCUT2D eigenvalue weighted by molar-refractivity contribution is 5.94. The molecule has 2 aromatic carbocycles. The summed E-state index contributed by atoms with van der Waals surface area (Å²) in [6.45, 7) is 5.52. The minimum absolute atomic E-state index is 0.0181. The summed E-state index contributed by atoms with van der Waals surface area (Å²) in [6.07, 6.45) is 4.93. The van der Waals surface area contributed by atoms with Crippen LogP contribution >= 0.6 is 0 Å². The Morgan fingerprint density at radius 2 is 1.90 bits per heavy atom. The molecule has 1 atom stereocenters. The summed E-state index contributed by atoms with van der Waals surface area (Å²) in [5.41, 5.74) is 2.98. The SMILES string of the molecule is CC1CCCCN1CCCNC(=O)Cn1nc(-c2ccccc2)c2ccccc21. The standard InChI is InChI=1S/C24H30N4O/c1-19-10-7-8-16-27(19)17-9-15-25-23(29)18-28-22-14-6-5-13-21(22)24(26-28)20-11-3-2-4-12-20/h2-6,11-14,19H,7-10,15-18H2,1H3,(H,25,29). The van der Waals surface area contributed by atoms with Crippen LogP contribution in [0.2, 0.25) is 0 Å². The van der Waals surface area contributed by atoms with Gasteiger partial charge in [-0.15, -0.1) is 0 Å². The molecule has 5 nitrogen and oxygen atoms in total. The predicted molar refractivity (Wildman–Crippen MR) is 118 cm³/mol. The lowest BCUT2D eigenvalue weighted by molar-refractivity contribution is -0.121. The molecular weight excluding hydrogens is 360 g/mol. The second kappa shape index (κ2) is 9.23. The number of carbonyl (C=O) groups is 1. The maximum absolute atomic E-state index is 12.5. The number of nitrogens with zero attached hydrogens (tertiary/aromatic N) is 3. The van der Waals surface area contributed by atoms with Crippen molar-refractivity contribution in [2.24, 2.45) is 0 Å². The highest BCUT2D eigenvalue weighted by Crippen LogP contribution is 2.27. The number of aromatic nitrogens is 2. The fourth-order valence-electron chi connectivity index (χ4n) is 4.25. The lowest BCUT2D eigenvalue weighted by atomic mass is 10.0. The summed E-state index contributed by atoms with van der Waals surface area (Å²) in [5.74, 6) is 0.0181. The van der Waals surface area contributed by atoms with Crippen LogP contribution in [0.4, 0.5) is 0 Å². The van der Waals surface area contributed by atoms with E-state index in [1.807, 2.05) is 41.1 Å². The van der Waals surface area contributed by atoms with E-state index in [0.717, 1.165) is 35.1 Å². The molecule has 1 aliphatic heterocycles. The smallest absolute Gasteiger partial charge is 0.241 e. The number of piperidine rings is 1. The molecule has 4 rings (SSSR count). The first-order chi connectivity index (χ1) is 14.2. The number of amides is 1. The number of benzene rings is 2. The van der Waals surface area contributed by atoms with Gasteiger partial charge in [-0.1, -0.05) is 55.0 Å². The van der Waals surface area contributed by atoms with Gasteiger partial charge in [-0.3, -0.25) is 9.48 Å². The van der Waals surface area contributed by atoms with Crippen molar-refractivity contribution in [3.63, 3.8) is 0 Å². The van der Waals surface area contributed by atoms with Crippen molar-refractivity contribution >= 4 is 16.8 Å². The van der Waals surface area contributed by atoms with Crippen LogP contribution < -0.4 is 5.32 Å². The fraction of sp³-hybridized carbons (Fsp3) is 0.417. The molecule has 0 radical (unpaired) electrons. The zero-order chi connectivity index (χ0) is 20.1. The van der Waals surface area contributed by atoms with E-state index in [1.165, 1.54) is 25.8 Å². The summed E-state index contributed by atoms with van der Waals surface area (Å²) in [6, 6.07) is 18.9. The maximum atomic E-state index is 12.5. The van der Waals surface area contributed by atoms with Crippen LogP contribution in [-0.2, 0) is 11.3 Å². The average Bonchev–Trinajstić information content (AvgIpc) is 3.11. The van der Waals surface area contributed by atoms with Gasteiger partial charge in [0.1, 0.15) is 12.2 Å². The van der Waals surface area contributed by atoms with Crippen molar-refractivity contribution in [1.82, 2.24) is 20.0 Å². The second-order valence-corrected chi connectivity index (χ2v) is 7.97. The molecule has 29 heavy (non-hydrogen) atoms. The quantitative estimate of drug-likeness (QED) is 0.619. The summed E-state index contributed by atoms with van der Waals surface area (Å²) in [4.78, 5) is 15.1. The van der Waals surface area contributed by atoms with Crippen LogP contribution in [0.25, 0.3) is 22.2 Å². The van der Waals surface area contributed by atoms with Gasteiger partial charge in [0.2, 0.25) is 5.91 Å². The van der Waals surface area contributed by atoms with Crippen molar-refractivity contribution in [2.75, 3.05) is 19.6 Å². The molecule has 1 aliphatic rings. The number of likely N-dealkylation sites (tertiary alicyclic amines) is 1. The van der Waals surface area contributed by atoms with E-state index < -0.39 is 0 Å². The van der Waals surface area contributed by atoms with Crippen molar-refractivity contribution in [3.05, 3.63) is 54.6 Å². The van der Waals surface area contributed by atoms with Gasteiger partial charge in [0, 0.05) is 30.1 Å². The Balaban J connectivity index is 1.37. The van der Waals surface area contributed by atoms with E-state index in [4.69, 9.17) is 5.10 Å². The molecule has 1 N–H and O–H groups in total. The lowest BCUT2D eigenvalue weighted by Gasteiger charge is -2.33. The second-order valence-electron chi connectivity index (χ2n) is 7.97. The predicted octanol–water partition coefficient (Wildman–Crippen LogP) is 4.08. The summed E-state index contributed by atoms with van der Waals surface area (Å²) >= 11 is 0. The zero-order valence-corrected chi connectivity index (χ0v) is 17.2. The monoisotopic (exact) mass is 390 g/mol. The number of hydrogen-bond donors (Lipinski definition) is 1. The van der Waals surface area contributed by atoms with Crippen LogP contribution in [-0.4, -0.2) is 46.3 Å². The zero-order valence-electron chi connectivity index (χ0n) is 17.2. The Hall–Kier alpha value is -2.66. The lowest BCUT2D eigenvalue weighted by Crippen LogP contribution is -2.39. The normalized spacial score (nSPS) is 17.5. The van der Waals surface area contributed by atoms with E-state index >= 15 is 0 Å². The summed E-state index contributed by atoms with van der Waals surface area (Å²) < 4.78 is 1.82. The molecule has 1 aromatic heterocycles. The first-order valence-electron chi connectivity index (χ1n) is 10.7. The fourth-order valence-corrected chi connectivity index (χ4v) is 4.25. The topological polar surface area (TPSA) is 50.2 Å². The number of fused-ring (bicyclic) bond motifs is 1. The first kappa shape index (κ1) is 19.6. The molecule has 1 unspecified atom stereocenters. The van der Waals surface area contributed by atoms with Crippen LogP contribution in [0, 0.1) is 0 Å². The Morgan fingerprint density at radius 3 is 2.72 bits per heavy atom. The van der Waals surface area contributed by atoms with Gasteiger partial charge in [0.05, 0.1) is 5.52 Å². The molecular formula is C24H30N4O. The van der Waals surface area contributed by atoms with Crippen LogP contribution in [0.1, 0.15) is 32.6 Å². The van der Waals surface area contributed by atoms with Gasteiger partial charge < -0.3 is 10.2 Å². The Kier molecular flexibility index (Phi) is 6.25. The van der Waals surface area contributed by atoms with Crippen LogP contribution in [0.5, 0.6) is 0 Å². The van der Waals surface area contributed by atoms with Gasteiger partial charge in [-0.05, 0) is 38.8 Å². The van der Waals surface area contributed by atoms with Crippen molar-refractivity contribution in [1.29, 1.82) is 0 Å². The third-order valence-corrected chi connectivity index (χ3v) is 5.88. The Bertz CT molecular complexity index is 950. The van der Waals surface area contributed by atoms with E-state index in [0.29, 0.717) is 12.6 Å². The number of rotatable bonds is 7. The molecule has 0 saturated carbocycles. The molecule has 0 spiro atoms. The maximum Gasteiger partial charge on any atom is 0.241 e.